The van der Waals surface area contributed by atoms with Gasteiger partial charge in [-0.1, -0.05) is 6.07 Å². The van der Waals surface area contributed by atoms with Crippen LogP contribution in [0.4, 0.5) is 4.39 Å². The molecule has 0 aromatic heterocycles. The van der Waals surface area contributed by atoms with Crippen LogP contribution >= 0.6 is 11.8 Å². The fourth-order valence-electron chi connectivity index (χ4n) is 3.26. The fraction of sp³-hybridized carbons (Fsp3) is 0.647. The standard InChI is InChI=1S/C17H24FNO2S/c1-22-17(6-9-20-10-7-17)12-19-15-3-2-8-21-16-11-13(18)4-5-14(15)16/h4-5,11,15,19H,2-3,6-10,12H2,1H3/t15-/m1/s1. The molecule has 2 heterocycles. The summed E-state index contributed by atoms with van der Waals surface area (Å²) in [6, 6.07) is 5.14. The maximum atomic E-state index is 13.4. The molecule has 0 saturated carbocycles. The van der Waals surface area contributed by atoms with E-state index in [2.05, 4.69) is 11.6 Å². The van der Waals surface area contributed by atoms with Crippen molar-refractivity contribution >= 4 is 11.8 Å². The van der Waals surface area contributed by atoms with Crippen LogP contribution in [0.2, 0.25) is 0 Å². The lowest BCUT2D eigenvalue weighted by molar-refractivity contribution is 0.0764. The predicted octanol–water partition coefficient (Wildman–Crippen LogP) is 3.54. The highest BCUT2D eigenvalue weighted by Crippen LogP contribution is 2.36. The summed E-state index contributed by atoms with van der Waals surface area (Å²) in [5, 5.41) is 3.72. The molecule has 0 unspecified atom stereocenters. The van der Waals surface area contributed by atoms with E-state index in [1.54, 1.807) is 0 Å². The zero-order valence-corrected chi connectivity index (χ0v) is 13.9. The number of hydrogen-bond donors (Lipinski definition) is 1. The SMILES string of the molecule is CSC1(CN[C@@H]2CCCOc3cc(F)ccc32)CCOCC1. The normalized spacial score (nSPS) is 24.2. The first-order valence-corrected chi connectivity index (χ1v) is 9.23. The van der Waals surface area contributed by atoms with Gasteiger partial charge in [-0.15, -0.1) is 0 Å². The second kappa shape index (κ2) is 7.20. The van der Waals surface area contributed by atoms with E-state index < -0.39 is 0 Å². The average Bonchev–Trinajstić information content (AvgIpc) is 2.75. The number of rotatable bonds is 4. The highest BCUT2D eigenvalue weighted by Gasteiger charge is 2.33. The van der Waals surface area contributed by atoms with E-state index >= 15 is 0 Å². The second-order valence-corrected chi connectivity index (χ2v) is 7.38. The predicted molar refractivity (Wildman–Crippen MR) is 88.2 cm³/mol. The van der Waals surface area contributed by atoms with E-state index in [0.29, 0.717) is 12.4 Å². The van der Waals surface area contributed by atoms with E-state index in [1.807, 2.05) is 17.8 Å². The molecule has 122 valence electrons. The molecule has 1 atom stereocenters. The summed E-state index contributed by atoms with van der Waals surface area (Å²) >= 11 is 1.94. The first-order valence-electron chi connectivity index (χ1n) is 8.01. The number of thioether (sulfide) groups is 1. The van der Waals surface area contributed by atoms with Crippen LogP contribution in [0.1, 0.15) is 37.3 Å². The van der Waals surface area contributed by atoms with E-state index in [9.17, 15) is 4.39 Å². The van der Waals surface area contributed by atoms with Crippen LogP contribution < -0.4 is 10.1 Å². The number of halogens is 1. The average molecular weight is 325 g/mol. The van der Waals surface area contributed by atoms with Crippen molar-refractivity contribution in [1.29, 1.82) is 0 Å². The maximum Gasteiger partial charge on any atom is 0.126 e. The molecule has 3 rings (SSSR count). The molecule has 0 aliphatic carbocycles. The third kappa shape index (κ3) is 3.58. The fourth-order valence-corrected chi connectivity index (χ4v) is 4.07. The van der Waals surface area contributed by atoms with Crippen molar-refractivity contribution in [2.75, 3.05) is 32.6 Å². The molecule has 1 N–H and O–H groups in total. The Hall–Kier alpha value is -0.780. The summed E-state index contributed by atoms with van der Waals surface area (Å²) < 4.78 is 24.9. The van der Waals surface area contributed by atoms with Gasteiger partial charge in [0.1, 0.15) is 11.6 Å². The number of nitrogens with one attached hydrogen (secondary N) is 1. The minimum Gasteiger partial charge on any atom is -0.493 e. The summed E-state index contributed by atoms with van der Waals surface area (Å²) in [6.07, 6.45) is 6.37. The Bertz CT molecular complexity index is 505. The van der Waals surface area contributed by atoms with Gasteiger partial charge in [-0.3, -0.25) is 0 Å². The van der Waals surface area contributed by atoms with Crippen LogP contribution in [0, 0.1) is 5.82 Å². The molecule has 0 amide bonds. The molecular formula is C17H24FNO2S. The Morgan fingerprint density at radius 1 is 1.32 bits per heavy atom. The number of benzene rings is 1. The van der Waals surface area contributed by atoms with E-state index in [4.69, 9.17) is 9.47 Å². The lowest BCUT2D eigenvalue weighted by Crippen LogP contribution is -2.43. The minimum atomic E-state index is -0.232. The van der Waals surface area contributed by atoms with Gasteiger partial charge in [0.2, 0.25) is 0 Å². The largest absolute Gasteiger partial charge is 0.493 e. The summed E-state index contributed by atoms with van der Waals surface area (Å²) in [4.78, 5) is 0. The van der Waals surface area contributed by atoms with E-state index in [0.717, 1.165) is 51.0 Å². The Kier molecular flexibility index (Phi) is 5.26. The number of ether oxygens (including phenoxy) is 2. The van der Waals surface area contributed by atoms with E-state index in [-0.39, 0.29) is 16.6 Å². The molecule has 2 aliphatic rings. The molecule has 0 bridgehead atoms. The van der Waals surface area contributed by atoms with Crippen molar-refractivity contribution in [2.24, 2.45) is 0 Å². The third-order valence-corrected chi connectivity index (χ3v) is 6.17. The van der Waals surface area contributed by atoms with Gasteiger partial charge in [0.25, 0.3) is 0 Å². The van der Waals surface area contributed by atoms with E-state index in [1.165, 1.54) is 12.1 Å². The van der Waals surface area contributed by atoms with Crippen LogP contribution in [0.5, 0.6) is 5.75 Å². The number of hydrogen-bond acceptors (Lipinski definition) is 4. The molecule has 1 aromatic carbocycles. The lowest BCUT2D eigenvalue weighted by atomic mass is 9.96. The van der Waals surface area contributed by atoms with Crippen molar-refractivity contribution < 1.29 is 13.9 Å². The highest BCUT2D eigenvalue weighted by molar-refractivity contribution is 8.00. The maximum absolute atomic E-state index is 13.4. The zero-order valence-electron chi connectivity index (χ0n) is 13.1. The lowest BCUT2D eigenvalue weighted by Gasteiger charge is -2.37. The van der Waals surface area contributed by atoms with Gasteiger partial charge in [0.15, 0.2) is 0 Å². The molecule has 0 spiro atoms. The molecule has 1 fully saturated rings. The van der Waals surface area contributed by atoms with Crippen molar-refractivity contribution in [3.63, 3.8) is 0 Å². The molecule has 0 radical (unpaired) electrons. The van der Waals surface area contributed by atoms with Crippen LogP contribution in [0.3, 0.4) is 0 Å². The summed E-state index contributed by atoms with van der Waals surface area (Å²) in [7, 11) is 0. The van der Waals surface area contributed by atoms with Gasteiger partial charge >= 0.3 is 0 Å². The van der Waals surface area contributed by atoms with Crippen LogP contribution in [-0.4, -0.2) is 37.4 Å². The Balaban J connectivity index is 1.72. The quantitative estimate of drug-likeness (QED) is 0.917. The van der Waals surface area contributed by atoms with Crippen LogP contribution in [0.25, 0.3) is 0 Å². The molecule has 5 heteroatoms. The van der Waals surface area contributed by atoms with Gasteiger partial charge in [0.05, 0.1) is 6.61 Å². The molecular weight excluding hydrogens is 301 g/mol. The van der Waals surface area contributed by atoms with Crippen LogP contribution in [-0.2, 0) is 4.74 Å². The molecule has 2 aliphatic heterocycles. The van der Waals surface area contributed by atoms with Crippen molar-refractivity contribution in [3.05, 3.63) is 29.6 Å². The van der Waals surface area contributed by atoms with Crippen molar-refractivity contribution in [3.8, 4) is 5.75 Å². The Labute approximate surface area is 135 Å². The summed E-state index contributed by atoms with van der Waals surface area (Å²) in [5.41, 5.74) is 1.09. The summed E-state index contributed by atoms with van der Waals surface area (Å²) in [5.74, 6) is 0.463. The first-order chi connectivity index (χ1) is 10.7. The highest BCUT2D eigenvalue weighted by atomic mass is 32.2. The summed E-state index contributed by atoms with van der Waals surface area (Å²) in [6.45, 7) is 3.31. The Morgan fingerprint density at radius 2 is 2.14 bits per heavy atom. The van der Waals surface area contributed by atoms with Gasteiger partial charge in [-0.25, -0.2) is 4.39 Å². The Morgan fingerprint density at radius 3 is 2.91 bits per heavy atom. The third-order valence-electron chi connectivity index (χ3n) is 4.75. The molecule has 1 saturated heterocycles. The smallest absolute Gasteiger partial charge is 0.126 e. The minimum absolute atomic E-state index is 0.232. The van der Waals surface area contributed by atoms with Crippen molar-refractivity contribution in [2.45, 2.75) is 36.5 Å². The van der Waals surface area contributed by atoms with Crippen LogP contribution in [0.15, 0.2) is 18.2 Å². The van der Waals surface area contributed by atoms with Gasteiger partial charge < -0.3 is 14.8 Å². The zero-order chi connectivity index (χ0) is 15.4. The molecule has 22 heavy (non-hydrogen) atoms. The second-order valence-electron chi connectivity index (χ2n) is 6.11. The van der Waals surface area contributed by atoms with Crippen molar-refractivity contribution in [1.82, 2.24) is 5.32 Å². The first kappa shape index (κ1) is 16.1. The molecule has 1 aromatic rings. The number of fused-ring (bicyclic) bond motifs is 1. The topological polar surface area (TPSA) is 30.5 Å². The van der Waals surface area contributed by atoms with Gasteiger partial charge in [-0.2, -0.15) is 11.8 Å². The monoisotopic (exact) mass is 325 g/mol. The van der Waals surface area contributed by atoms with Gasteiger partial charge in [-0.05, 0) is 38.0 Å². The molecule has 3 nitrogen and oxygen atoms in total. The van der Waals surface area contributed by atoms with Gasteiger partial charge in [0, 0.05) is 42.2 Å².